The molecule has 208 valence electrons. The Kier molecular flexibility index (Phi) is 6.44. The molecule has 1 aliphatic heterocycles. The van der Waals surface area contributed by atoms with E-state index in [2.05, 4.69) is 85.5 Å². The van der Waals surface area contributed by atoms with E-state index in [9.17, 15) is 0 Å². The molecule has 0 radical (unpaired) electrons. The lowest BCUT2D eigenvalue weighted by molar-refractivity contribution is 0.263. The number of likely N-dealkylation sites (tertiary alicyclic amines) is 1. The molecule has 0 saturated carbocycles. The highest BCUT2D eigenvalue weighted by molar-refractivity contribution is 5.87. The molecule has 8 heteroatoms. The Labute approximate surface area is 234 Å². The smallest absolute Gasteiger partial charge is 0.249 e. The van der Waals surface area contributed by atoms with Crippen molar-refractivity contribution >= 4 is 16.7 Å². The molecule has 1 saturated heterocycles. The van der Waals surface area contributed by atoms with Crippen molar-refractivity contribution in [3.63, 3.8) is 0 Å². The zero-order chi connectivity index (χ0) is 28.1. The molecule has 3 N–H and O–H groups in total. The van der Waals surface area contributed by atoms with Crippen molar-refractivity contribution in [1.82, 2.24) is 15.0 Å². The summed E-state index contributed by atoms with van der Waals surface area (Å²) in [5, 5.41) is 18.6. The van der Waals surface area contributed by atoms with Crippen molar-refractivity contribution in [1.29, 1.82) is 0 Å². The topological polar surface area (TPSA) is 110 Å². The molecule has 0 spiro atoms. The van der Waals surface area contributed by atoms with Crippen LogP contribution in [0.25, 0.3) is 22.2 Å². The molecule has 3 aromatic carbocycles. The number of benzene rings is 3. The van der Waals surface area contributed by atoms with Crippen LogP contribution < -0.4 is 10.5 Å². The van der Waals surface area contributed by atoms with Gasteiger partial charge in [0.1, 0.15) is 18.4 Å². The SMILES string of the molecule is CC1(C)CCC(C)(C)c2cc(COc3ccc4cc(-c5noc([C@@H]6CCCN6/C(N)=N\O)n5)ccc4c3)ccc21. The van der Waals surface area contributed by atoms with Gasteiger partial charge in [0, 0.05) is 12.1 Å². The summed E-state index contributed by atoms with van der Waals surface area (Å²) in [6, 6.07) is 18.9. The number of nitrogens with two attached hydrogens (primary N) is 1. The molecule has 2 heterocycles. The molecular weight excluding hydrogens is 502 g/mol. The maximum atomic E-state index is 9.08. The maximum absolute atomic E-state index is 9.08. The maximum Gasteiger partial charge on any atom is 0.249 e. The van der Waals surface area contributed by atoms with E-state index >= 15 is 0 Å². The molecule has 1 atom stereocenters. The molecule has 0 unspecified atom stereocenters. The van der Waals surface area contributed by atoms with Gasteiger partial charge in [-0.1, -0.05) is 74.4 Å². The Balaban J connectivity index is 1.18. The summed E-state index contributed by atoms with van der Waals surface area (Å²) in [5.74, 6) is 1.88. The van der Waals surface area contributed by atoms with Crippen LogP contribution in [0.5, 0.6) is 5.75 Å². The largest absolute Gasteiger partial charge is 0.489 e. The third-order valence-corrected chi connectivity index (χ3v) is 8.77. The van der Waals surface area contributed by atoms with Gasteiger partial charge in [-0.3, -0.25) is 0 Å². The molecule has 8 nitrogen and oxygen atoms in total. The molecule has 1 fully saturated rings. The Morgan fingerprint density at radius 3 is 2.58 bits per heavy atom. The predicted molar refractivity (Wildman–Crippen MR) is 155 cm³/mol. The predicted octanol–water partition coefficient (Wildman–Crippen LogP) is 6.66. The average molecular weight is 540 g/mol. The molecule has 1 aromatic heterocycles. The van der Waals surface area contributed by atoms with Gasteiger partial charge in [0.05, 0.1) is 0 Å². The normalized spacial score (nSPS) is 20.1. The van der Waals surface area contributed by atoms with E-state index < -0.39 is 0 Å². The van der Waals surface area contributed by atoms with Crippen LogP contribution in [0.1, 0.15) is 82.0 Å². The lowest BCUT2D eigenvalue weighted by Gasteiger charge is -2.42. The van der Waals surface area contributed by atoms with Crippen molar-refractivity contribution in [2.45, 2.75) is 76.9 Å². The molecule has 2 aliphatic rings. The van der Waals surface area contributed by atoms with Crippen LogP contribution in [-0.4, -0.2) is 32.8 Å². The fourth-order valence-corrected chi connectivity index (χ4v) is 6.19. The van der Waals surface area contributed by atoms with E-state index in [0.717, 1.165) is 34.9 Å². The van der Waals surface area contributed by atoms with E-state index in [1.54, 1.807) is 4.90 Å². The molecule has 0 bridgehead atoms. The number of aromatic nitrogens is 2. The molecule has 40 heavy (non-hydrogen) atoms. The van der Waals surface area contributed by atoms with E-state index in [1.165, 1.54) is 29.5 Å². The number of oxime groups is 1. The Hall–Kier alpha value is -4.07. The number of fused-ring (bicyclic) bond motifs is 2. The first-order valence-corrected chi connectivity index (χ1v) is 14.0. The third kappa shape index (κ3) is 4.76. The van der Waals surface area contributed by atoms with Gasteiger partial charge in [-0.15, -0.1) is 0 Å². The fraction of sp³-hybridized carbons (Fsp3) is 0.406. The first kappa shape index (κ1) is 26.2. The van der Waals surface area contributed by atoms with Crippen LogP contribution in [0.4, 0.5) is 0 Å². The minimum Gasteiger partial charge on any atom is -0.489 e. The second kappa shape index (κ2) is 9.84. The lowest BCUT2D eigenvalue weighted by atomic mass is 9.63. The zero-order valence-corrected chi connectivity index (χ0v) is 23.6. The minimum atomic E-state index is -0.190. The Morgan fingerprint density at radius 2 is 1.77 bits per heavy atom. The second-order valence-electron chi connectivity index (χ2n) is 12.4. The summed E-state index contributed by atoms with van der Waals surface area (Å²) in [6.07, 6.45) is 4.12. The summed E-state index contributed by atoms with van der Waals surface area (Å²) < 4.78 is 11.8. The van der Waals surface area contributed by atoms with Gasteiger partial charge in [0.2, 0.25) is 17.7 Å². The fourth-order valence-electron chi connectivity index (χ4n) is 6.19. The monoisotopic (exact) mass is 539 g/mol. The van der Waals surface area contributed by atoms with E-state index in [4.69, 9.17) is 20.2 Å². The lowest BCUT2D eigenvalue weighted by Crippen LogP contribution is -2.36. The molecule has 4 aromatic rings. The number of rotatable bonds is 5. The van der Waals surface area contributed by atoms with E-state index in [0.29, 0.717) is 24.9 Å². The zero-order valence-electron chi connectivity index (χ0n) is 23.6. The van der Waals surface area contributed by atoms with Crippen LogP contribution in [0.15, 0.2) is 64.3 Å². The summed E-state index contributed by atoms with van der Waals surface area (Å²) in [5.41, 5.74) is 11.2. The highest BCUT2D eigenvalue weighted by Crippen LogP contribution is 2.46. The van der Waals surface area contributed by atoms with E-state index in [-0.39, 0.29) is 22.8 Å². The number of hydrogen-bond donors (Lipinski definition) is 2. The summed E-state index contributed by atoms with van der Waals surface area (Å²) in [6.45, 7) is 10.6. The molecule has 6 rings (SSSR count). The highest BCUT2D eigenvalue weighted by atomic mass is 16.5. The van der Waals surface area contributed by atoms with Crippen LogP contribution >= 0.6 is 0 Å². The van der Waals surface area contributed by atoms with Gasteiger partial charge in [0.25, 0.3) is 0 Å². The Bertz CT molecular complexity index is 1590. The van der Waals surface area contributed by atoms with Crippen LogP contribution in [0.2, 0.25) is 0 Å². The van der Waals surface area contributed by atoms with Crippen LogP contribution in [0, 0.1) is 0 Å². The third-order valence-electron chi connectivity index (χ3n) is 8.77. The molecular formula is C32H37N5O3. The van der Waals surface area contributed by atoms with Gasteiger partial charge in [-0.25, -0.2) is 0 Å². The second-order valence-corrected chi connectivity index (χ2v) is 12.4. The highest BCUT2D eigenvalue weighted by Gasteiger charge is 2.37. The average Bonchev–Trinajstić information content (AvgIpc) is 3.64. The van der Waals surface area contributed by atoms with Gasteiger partial charge in [-0.05, 0) is 82.2 Å². The summed E-state index contributed by atoms with van der Waals surface area (Å²) in [4.78, 5) is 6.41. The summed E-state index contributed by atoms with van der Waals surface area (Å²) >= 11 is 0. The molecule has 1 aliphatic carbocycles. The van der Waals surface area contributed by atoms with E-state index in [1.807, 2.05) is 12.1 Å². The van der Waals surface area contributed by atoms with Crippen molar-refractivity contribution in [2.24, 2.45) is 10.9 Å². The van der Waals surface area contributed by atoms with Gasteiger partial charge in [0.15, 0.2) is 0 Å². The van der Waals surface area contributed by atoms with Gasteiger partial charge < -0.3 is 25.1 Å². The number of hydrogen-bond acceptors (Lipinski definition) is 6. The first-order chi connectivity index (χ1) is 19.1. The number of nitrogens with zero attached hydrogens (tertiary/aromatic N) is 4. The van der Waals surface area contributed by atoms with Crippen molar-refractivity contribution in [2.75, 3.05) is 6.54 Å². The van der Waals surface area contributed by atoms with Crippen molar-refractivity contribution in [3.8, 4) is 17.1 Å². The van der Waals surface area contributed by atoms with Crippen LogP contribution in [0.3, 0.4) is 0 Å². The summed E-state index contributed by atoms with van der Waals surface area (Å²) in [7, 11) is 0. The van der Waals surface area contributed by atoms with Crippen molar-refractivity contribution < 1.29 is 14.5 Å². The first-order valence-electron chi connectivity index (χ1n) is 14.0. The quantitative estimate of drug-likeness (QED) is 0.126. The standard InChI is InChI=1S/C32H37N5O3/c1-31(2)13-14-32(3,4)26-16-20(7-12-25(26)31)19-39-24-11-10-21-17-23(9-8-22(21)18-24)28-34-29(40-36-28)27-6-5-15-37(27)30(33)35-38/h7-12,16-18,27,38H,5-6,13-15,19H2,1-4H3,(H2,33,35)/t27-/m0/s1. The Morgan fingerprint density at radius 1 is 1.02 bits per heavy atom. The van der Waals surface area contributed by atoms with Gasteiger partial charge >= 0.3 is 0 Å². The molecule has 0 amide bonds. The number of ether oxygens (including phenoxy) is 1. The van der Waals surface area contributed by atoms with Gasteiger partial charge in [-0.2, -0.15) is 4.98 Å². The van der Waals surface area contributed by atoms with Crippen LogP contribution in [-0.2, 0) is 17.4 Å². The van der Waals surface area contributed by atoms with Crippen molar-refractivity contribution in [3.05, 3.63) is 77.2 Å². The minimum absolute atomic E-state index is 0.0605. The number of guanidine groups is 1.